The number of nitrogens with zero attached hydrogens (tertiary/aromatic N) is 2. The molecule has 1 aliphatic carbocycles. The predicted octanol–water partition coefficient (Wildman–Crippen LogP) is 1.81. The van der Waals surface area contributed by atoms with Gasteiger partial charge in [0.05, 0.1) is 12.6 Å². The van der Waals surface area contributed by atoms with Crippen molar-refractivity contribution >= 4 is 17.2 Å². The van der Waals surface area contributed by atoms with E-state index in [1.165, 1.54) is 11.3 Å². The summed E-state index contributed by atoms with van der Waals surface area (Å²) in [4.78, 5) is 12.5. The third-order valence-electron chi connectivity index (χ3n) is 4.61. The van der Waals surface area contributed by atoms with E-state index < -0.39 is 5.54 Å². The number of hydrogen-bond donors (Lipinski definition) is 2. The normalized spacial score (nSPS) is 26.8. The molecule has 1 fully saturated rings. The van der Waals surface area contributed by atoms with E-state index in [1.807, 2.05) is 20.8 Å². The predicted molar refractivity (Wildman–Crippen MR) is 86.6 cm³/mol. The maximum absolute atomic E-state index is 12.5. The molecular weight excluding hydrogens is 300 g/mol. The van der Waals surface area contributed by atoms with Gasteiger partial charge in [-0.3, -0.25) is 4.79 Å². The first-order valence-electron chi connectivity index (χ1n) is 7.73. The zero-order valence-electron chi connectivity index (χ0n) is 14.0. The topological polar surface area (TPSA) is 90.1 Å². The fraction of sp³-hybridized carbons (Fsp3) is 0.800. The van der Waals surface area contributed by atoms with Gasteiger partial charge < -0.3 is 15.8 Å². The van der Waals surface area contributed by atoms with E-state index >= 15 is 0 Å². The van der Waals surface area contributed by atoms with Crippen LogP contribution in [0, 0.1) is 5.41 Å². The number of carbonyl (C=O) groups excluding carboxylic acids is 1. The van der Waals surface area contributed by atoms with Gasteiger partial charge in [-0.2, -0.15) is 0 Å². The molecule has 1 heterocycles. The standard InChI is InChI=1S/C15H26N4O2S/c1-6-21-10-7-15(16,14(10,4)5)13(20)17-8-11-18-19-12(22-11)9(2)3/h9-10H,6-8,16H2,1-5H3,(H,17,20). The fourth-order valence-corrected chi connectivity index (χ4v) is 3.49. The average Bonchev–Trinajstić information content (AvgIpc) is 2.93. The highest BCUT2D eigenvalue weighted by Crippen LogP contribution is 2.49. The number of amides is 1. The maximum Gasteiger partial charge on any atom is 0.241 e. The van der Waals surface area contributed by atoms with Crippen molar-refractivity contribution in [3.05, 3.63) is 10.0 Å². The number of carbonyl (C=O) groups is 1. The summed E-state index contributed by atoms with van der Waals surface area (Å²) in [5.41, 5.74) is 5.07. The highest BCUT2D eigenvalue weighted by molar-refractivity contribution is 7.11. The van der Waals surface area contributed by atoms with Gasteiger partial charge in [0.1, 0.15) is 15.6 Å². The summed E-state index contributed by atoms with van der Waals surface area (Å²) in [6.07, 6.45) is 0.579. The molecule has 7 heteroatoms. The van der Waals surface area contributed by atoms with Crippen LogP contribution in [-0.2, 0) is 16.1 Å². The van der Waals surface area contributed by atoms with E-state index in [2.05, 4.69) is 29.4 Å². The second kappa shape index (κ2) is 6.22. The van der Waals surface area contributed by atoms with Gasteiger partial charge in [-0.15, -0.1) is 10.2 Å². The molecule has 1 saturated carbocycles. The molecule has 0 spiro atoms. The summed E-state index contributed by atoms with van der Waals surface area (Å²) in [7, 11) is 0. The molecule has 1 aromatic heterocycles. The molecule has 1 aromatic rings. The lowest BCUT2D eigenvalue weighted by Gasteiger charge is -2.57. The second-order valence-electron chi connectivity index (χ2n) is 6.71. The highest BCUT2D eigenvalue weighted by Gasteiger charge is 2.62. The van der Waals surface area contributed by atoms with Crippen LogP contribution in [0.2, 0.25) is 0 Å². The Hall–Kier alpha value is -1.05. The van der Waals surface area contributed by atoms with Gasteiger partial charge in [-0.05, 0) is 6.92 Å². The lowest BCUT2D eigenvalue weighted by molar-refractivity contribution is -0.170. The third-order valence-corrected chi connectivity index (χ3v) is 5.84. The quantitative estimate of drug-likeness (QED) is 0.832. The van der Waals surface area contributed by atoms with Crippen LogP contribution in [0.1, 0.15) is 57.0 Å². The third kappa shape index (κ3) is 2.89. The number of nitrogens with two attached hydrogens (primary N) is 1. The van der Waals surface area contributed by atoms with Crippen LogP contribution in [0.3, 0.4) is 0 Å². The van der Waals surface area contributed by atoms with Crippen molar-refractivity contribution in [3.63, 3.8) is 0 Å². The van der Waals surface area contributed by atoms with Crippen LogP contribution < -0.4 is 11.1 Å². The van der Waals surface area contributed by atoms with Crippen molar-refractivity contribution in [2.75, 3.05) is 6.61 Å². The van der Waals surface area contributed by atoms with Crippen LogP contribution in [0.25, 0.3) is 0 Å². The average molecular weight is 326 g/mol. The first kappa shape index (κ1) is 17.3. The number of ether oxygens (including phenoxy) is 1. The molecular formula is C15H26N4O2S. The van der Waals surface area contributed by atoms with Crippen molar-refractivity contribution in [3.8, 4) is 0 Å². The van der Waals surface area contributed by atoms with Crippen LogP contribution >= 0.6 is 11.3 Å². The van der Waals surface area contributed by atoms with Crippen molar-refractivity contribution < 1.29 is 9.53 Å². The number of rotatable bonds is 6. The van der Waals surface area contributed by atoms with Gasteiger partial charge in [0.25, 0.3) is 0 Å². The summed E-state index contributed by atoms with van der Waals surface area (Å²) in [6, 6.07) is 0. The number of hydrogen-bond acceptors (Lipinski definition) is 6. The van der Waals surface area contributed by atoms with Gasteiger partial charge in [-0.1, -0.05) is 39.0 Å². The van der Waals surface area contributed by atoms with E-state index in [0.717, 1.165) is 10.0 Å². The molecule has 124 valence electrons. The molecule has 0 saturated heterocycles. The van der Waals surface area contributed by atoms with Gasteiger partial charge in [0.2, 0.25) is 5.91 Å². The monoisotopic (exact) mass is 326 g/mol. The number of aromatic nitrogens is 2. The van der Waals surface area contributed by atoms with E-state index in [4.69, 9.17) is 10.5 Å². The summed E-state index contributed by atoms with van der Waals surface area (Å²) in [5.74, 6) is 0.204. The van der Waals surface area contributed by atoms with Crippen LogP contribution in [0.15, 0.2) is 0 Å². The Morgan fingerprint density at radius 3 is 2.68 bits per heavy atom. The molecule has 0 bridgehead atoms. The summed E-state index contributed by atoms with van der Waals surface area (Å²) < 4.78 is 5.65. The Morgan fingerprint density at radius 2 is 2.18 bits per heavy atom. The van der Waals surface area contributed by atoms with E-state index in [9.17, 15) is 4.79 Å². The SMILES string of the molecule is CCOC1CC(N)(C(=O)NCc2nnc(C(C)C)s2)C1(C)C. The van der Waals surface area contributed by atoms with E-state index in [1.54, 1.807) is 0 Å². The number of nitrogens with one attached hydrogen (secondary N) is 1. The largest absolute Gasteiger partial charge is 0.378 e. The van der Waals surface area contributed by atoms with Gasteiger partial charge in [0, 0.05) is 24.4 Å². The molecule has 3 N–H and O–H groups in total. The summed E-state index contributed by atoms with van der Waals surface area (Å²) in [6.45, 7) is 11.1. The Kier molecular flexibility index (Phi) is 4.89. The van der Waals surface area contributed by atoms with E-state index in [-0.39, 0.29) is 17.4 Å². The van der Waals surface area contributed by atoms with Crippen LogP contribution in [-0.4, -0.2) is 34.4 Å². The Morgan fingerprint density at radius 1 is 1.50 bits per heavy atom. The lowest BCUT2D eigenvalue weighted by atomic mass is 9.54. The van der Waals surface area contributed by atoms with Gasteiger partial charge >= 0.3 is 0 Å². The molecule has 0 aromatic carbocycles. The molecule has 0 radical (unpaired) electrons. The molecule has 22 heavy (non-hydrogen) atoms. The first-order valence-corrected chi connectivity index (χ1v) is 8.55. The second-order valence-corrected chi connectivity index (χ2v) is 7.81. The Labute approximate surface area is 135 Å². The van der Waals surface area contributed by atoms with Crippen molar-refractivity contribution in [1.29, 1.82) is 0 Å². The van der Waals surface area contributed by atoms with E-state index in [0.29, 0.717) is 25.5 Å². The first-order chi connectivity index (χ1) is 10.2. The van der Waals surface area contributed by atoms with Gasteiger partial charge in [-0.25, -0.2) is 0 Å². The van der Waals surface area contributed by atoms with Crippen molar-refractivity contribution in [2.24, 2.45) is 11.1 Å². The molecule has 1 aliphatic rings. The summed E-state index contributed by atoms with van der Waals surface area (Å²) >= 11 is 1.53. The van der Waals surface area contributed by atoms with Crippen LogP contribution in [0.5, 0.6) is 0 Å². The minimum atomic E-state index is -0.890. The maximum atomic E-state index is 12.5. The smallest absolute Gasteiger partial charge is 0.241 e. The molecule has 2 rings (SSSR count). The minimum absolute atomic E-state index is 0.0299. The molecule has 2 atom stereocenters. The molecule has 0 aliphatic heterocycles. The molecule has 1 amide bonds. The lowest BCUT2D eigenvalue weighted by Crippen LogP contribution is -2.75. The minimum Gasteiger partial charge on any atom is -0.378 e. The zero-order chi connectivity index (χ0) is 16.5. The zero-order valence-corrected chi connectivity index (χ0v) is 14.8. The Bertz CT molecular complexity index is 543. The summed E-state index contributed by atoms with van der Waals surface area (Å²) in [5, 5.41) is 12.9. The highest BCUT2D eigenvalue weighted by atomic mass is 32.1. The fourth-order valence-electron chi connectivity index (χ4n) is 2.71. The molecule has 2 unspecified atom stereocenters. The van der Waals surface area contributed by atoms with Crippen molar-refractivity contribution in [1.82, 2.24) is 15.5 Å². The van der Waals surface area contributed by atoms with Gasteiger partial charge in [0.15, 0.2) is 0 Å². The molecule has 6 nitrogen and oxygen atoms in total. The van der Waals surface area contributed by atoms with Crippen LogP contribution in [0.4, 0.5) is 0 Å². The Balaban J connectivity index is 1.95. The van der Waals surface area contributed by atoms with Crippen molar-refractivity contribution in [2.45, 2.75) is 65.1 Å².